The van der Waals surface area contributed by atoms with Crippen LogP contribution < -0.4 is 4.74 Å². The summed E-state index contributed by atoms with van der Waals surface area (Å²) in [4.78, 5) is 12.4. The van der Waals surface area contributed by atoms with Crippen LogP contribution in [0.1, 0.15) is 5.56 Å². The van der Waals surface area contributed by atoms with Crippen LogP contribution in [0.2, 0.25) is 0 Å². The van der Waals surface area contributed by atoms with Gasteiger partial charge in [0.1, 0.15) is 5.75 Å². The zero-order valence-electron chi connectivity index (χ0n) is 8.93. The first-order valence-electron chi connectivity index (χ1n) is 4.71. The highest BCUT2D eigenvalue weighted by atomic mass is 32.1. The van der Waals surface area contributed by atoms with Crippen LogP contribution >= 0.6 is 12.6 Å². The van der Waals surface area contributed by atoms with E-state index in [1.807, 2.05) is 24.3 Å². The number of nitrogens with zero attached hydrogens (tertiary/aromatic N) is 1. The number of likely N-dealkylation sites (N-methyl/N-ethyl adjacent to an activating group) is 1. The second-order valence-corrected chi connectivity index (χ2v) is 3.65. The molecule has 0 radical (unpaired) electrons. The van der Waals surface area contributed by atoms with Crippen LogP contribution in [0.3, 0.4) is 0 Å². The molecule has 0 unspecified atom stereocenters. The second-order valence-electron chi connectivity index (χ2n) is 3.27. The maximum Gasteiger partial charge on any atom is 0.278 e. The Hall–Kier alpha value is -1.16. The first kappa shape index (κ1) is 11.9. The van der Waals surface area contributed by atoms with Crippen LogP contribution in [0, 0.1) is 0 Å². The average Bonchev–Trinajstić information content (AvgIpc) is 2.26. The largest absolute Gasteiger partial charge is 0.496 e. The number of thiol groups is 1. The van der Waals surface area contributed by atoms with Gasteiger partial charge in [-0.15, -0.1) is 0 Å². The highest BCUT2D eigenvalue weighted by Gasteiger charge is 2.05. The van der Waals surface area contributed by atoms with Crippen LogP contribution in [-0.4, -0.2) is 30.8 Å². The van der Waals surface area contributed by atoms with E-state index in [-0.39, 0.29) is 5.24 Å². The number of amides is 1. The predicted octanol–water partition coefficient (Wildman–Crippen LogP) is 2.22. The molecule has 0 saturated carbocycles. The molecule has 0 aromatic heterocycles. The molecule has 1 aromatic rings. The second kappa shape index (κ2) is 5.66. The fraction of sp³-hybridized carbons (Fsp3) is 0.364. The van der Waals surface area contributed by atoms with Gasteiger partial charge in [-0.2, -0.15) is 0 Å². The van der Waals surface area contributed by atoms with Gasteiger partial charge in [0.15, 0.2) is 0 Å². The Morgan fingerprint density at radius 3 is 2.73 bits per heavy atom. The number of methoxy groups -OCH3 is 1. The third kappa shape index (κ3) is 3.47. The van der Waals surface area contributed by atoms with Crippen LogP contribution in [0.5, 0.6) is 5.75 Å². The summed E-state index contributed by atoms with van der Waals surface area (Å²) >= 11 is 3.74. The Balaban J connectivity index is 2.60. The minimum Gasteiger partial charge on any atom is -0.496 e. The molecule has 0 aliphatic heterocycles. The Morgan fingerprint density at radius 1 is 1.47 bits per heavy atom. The zero-order chi connectivity index (χ0) is 11.3. The lowest BCUT2D eigenvalue weighted by atomic mass is 10.1. The summed E-state index contributed by atoms with van der Waals surface area (Å²) in [6.45, 7) is 0.642. The van der Waals surface area contributed by atoms with Crippen molar-refractivity contribution in [2.75, 3.05) is 20.7 Å². The average molecular weight is 225 g/mol. The van der Waals surface area contributed by atoms with Crippen LogP contribution in [0.4, 0.5) is 4.79 Å². The molecular weight excluding hydrogens is 210 g/mol. The first-order valence-corrected chi connectivity index (χ1v) is 5.16. The minimum atomic E-state index is -0.218. The molecule has 4 heteroatoms. The summed E-state index contributed by atoms with van der Waals surface area (Å²) in [5, 5.41) is -0.218. The van der Waals surface area contributed by atoms with E-state index < -0.39 is 0 Å². The number of carbonyl (C=O) groups excluding carboxylic acids is 1. The Kier molecular flexibility index (Phi) is 4.49. The number of ether oxygens (including phenoxy) is 1. The molecular formula is C11H15NO2S. The summed E-state index contributed by atoms with van der Waals surface area (Å²) in [6.07, 6.45) is 0.771. The van der Waals surface area contributed by atoms with Gasteiger partial charge >= 0.3 is 0 Å². The number of para-hydroxylation sites is 1. The van der Waals surface area contributed by atoms with Crippen molar-refractivity contribution in [2.24, 2.45) is 0 Å². The fourth-order valence-corrected chi connectivity index (χ4v) is 1.39. The first-order chi connectivity index (χ1) is 7.15. The van der Waals surface area contributed by atoms with Gasteiger partial charge < -0.3 is 9.64 Å². The number of benzene rings is 1. The summed E-state index contributed by atoms with van der Waals surface area (Å²) in [7, 11) is 3.37. The molecule has 0 saturated heterocycles. The molecule has 15 heavy (non-hydrogen) atoms. The van der Waals surface area contributed by atoms with Crippen molar-refractivity contribution in [3.8, 4) is 5.75 Å². The normalized spacial score (nSPS) is 9.80. The van der Waals surface area contributed by atoms with Crippen molar-refractivity contribution in [3.63, 3.8) is 0 Å². The van der Waals surface area contributed by atoms with Gasteiger partial charge in [0.05, 0.1) is 7.11 Å². The van der Waals surface area contributed by atoms with E-state index in [1.54, 1.807) is 19.1 Å². The van der Waals surface area contributed by atoms with Gasteiger partial charge in [-0.25, -0.2) is 0 Å². The molecule has 3 nitrogen and oxygen atoms in total. The van der Waals surface area contributed by atoms with E-state index in [0.29, 0.717) is 6.54 Å². The third-order valence-electron chi connectivity index (χ3n) is 2.24. The molecule has 0 spiro atoms. The quantitative estimate of drug-likeness (QED) is 0.796. The monoisotopic (exact) mass is 225 g/mol. The topological polar surface area (TPSA) is 29.5 Å². The lowest BCUT2D eigenvalue weighted by Gasteiger charge is -2.14. The highest BCUT2D eigenvalue weighted by molar-refractivity contribution is 7.96. The van der Waals surface area contributed by atoms with Gasteiger partial charge in [-0.1, -0.05) is 30.8 Å². The molecule has 0 aliphatic rings. The zero-order valence-corrected chi connectivity index (χ0v) is 9.83. The Bertz CT molecular complexity index is 341. The number of rotatable bonds is 4. The maximum atomic E-state index is 10.9. The van der Waals surface area contributed by atoms with Crippen molar-refractivity contribution in [1.82, 2.24) is 4.90 Å². The fourth-order valence-electron chi connectivity index (χ4n) is 1.29. The number of hydrogen-bond acceptors (Lipinski definition) is 2. The van der Waals surface area contributed by atoms with Crippen LogP contribution in [-0.2, 0) is 6.42 Å². The summed E-state index contributed by atoms with van der Waals surface area (Å²) < 4.78 is 5.22. The molecule has 0 aliphatic carbocycles. The van der Waals surface area contributed by atoms with Gasteiger partial charge in [0, 0.05) is 13.6 Å². The summed E-state index contributed by atoms with van der Waals surface area (Å²) in [6, 6.07) is 7.80. The highest BCUT2D eigenvalue weighted by Crippen LogP contribution is 2.17. The summed E-state index contributed by atoms with van der Waals surface area (Å²) in [5.41, 5.74) is 1.10. The van der Waals surface area contributed by atoms with Crippen molar-refractivity contribution in [1.29, 1.82) is 0 Å². The molecule has 0 atom stereocenters. The van der Waals surface area contributed by atoms with E-state index in [1.165, 1.54) is 0 Å². The van der Waals surface area contributed by atoms with Crippen molar-refractivity contribution in [2.45, 2.75) is 6.42 Å². The molecule has 1 amide bonds. The van der Waals surface area contributed by atoms with Crippen LogP contribution in [0.25, 0.3) is 0 Å². The van der Waals surface area contributed by atoms with E-state index in [9.17, 15) is 4.79 Å². The number of carbonyl (C=O) groups is 1. The van der Waals surface area contributed by atoms with Crippen molar-refractivity contribution >= 4 is 17.9 Å². The van der Waals surface area contributed by atoms with E-state index in [0.717, 1.165) is 17.7 Å². The van der Waals surface area contributed by atoms with Gasteiger partial charge in [0.25, 0.3) is 5.24 Å². The standard InChI is InChI=1S/C11H15NO2S/c1-12(11(13)15)8-7-9-5-3-4-6-10(9)14-2/h3-6H,7-8H2,1-2H3,(H,13,15). The lowest BCUT2D eigenvalue weighted by Crippen LogP contribution is -2.23. The van der Waals surface area contributed by atoms with Gasteiger partial charge in [-0.05, 0) is 18.1 Å². The maximum absolute atomic E-state index is 10.9. The molecule has 0 N–H and O–H groups in total. The minimum absolute atomic E-state index is 0.218. The third-order valence-corrected chi connectivity index (χ3v) is 2.58. The lowest BCUT2D eigenvalue weighted by molar-refractivity contribution is 0.234. The smallest absolute Gasteiger partial charge is 0.278 e. The molecule has 0 bridgehead atoms. The van der Waals surface area contributed by atoms with Crippen molar-refractivity contribution < 1.29 is 9.53 Å². The van der Waals surface area contributed by atoms with E-state index >= 15 is 0 Å². The number of hydrogen-bond donors (Lipinski definition) is 1. The predicted molar refractivity (Wildman–Crippen MR) is 63.7 cm³/mol. The molecule has 0 heterocycles. The van der Waals surface area contributed by atoms with E-state index in [2.05, 4.69) is 12.6 Å². The van der Waals surface area contributed by atoms with Gasteiger partial charge in [-0.3, -0.25) is 4.79 Å². The SMILES string of the molecule is COc1ccccc1CCN(C)C(=O)S. The van der Waals surface area contributed by atoms with Crippen LogP contribution in [0.15, 0.2) is 24.3 Å². The molecule has 82 valence electrons. The van der Waals surface area contributed by atoms with Crippen molar-refractivity contribution in [3.05, 3.63) is 29.8 Å². The Morgan fingerprint density at radius 2 is 2.13 bits per heavy atom. The molecule has 1 rings (SSSR count). The Labute approximate surface area is 95.4 Å². The molecule has 1 aromatic carbocycles. The van der Waals surface area contributed by atoms with Gasteiger partial charge in [0.2, 0.25) is 0 Å². The van der Waals surface area contributed by atoms with E-state index in [4.69, 9.17) is 4.74 Å². The molecule has 0 fully saturated rings. The summed E-state index contributed by atoms with van der Waals surface area (Å²) in [5.74, 6) is 0.859.